The summed E-state index contributed by atoms with van der Waals surface area (Å²) in [4.78, 5) is 0. The summed E-state index contributed by atoms with van der Waals surface area (Å²) in [6.07, 6.45) is 10.4. The Balaban J connectivity index is 0.00000122. The fraction of sp³-hybridized carbons (Fsp3) is 1.00. The third-order valence-electron chi connectivity index (χ3n) is 5.76. The van der Waals surface area contributed by atoms with E-state index >= 15 is 0 Å². The van der Waals surface area contributed by atoms with E-state index in [1.807, 2.05) is 0 Å². The first kappa shape index (κ1) is 26.9. The van der Waals surface area contributed by atoms with Gasteiger partial charge in [0.25, 0.3) is 0 Å². The van der Waals surface area contributed by atoms with E-state index < -0.39 is 0 Å². The van der Waals surface area contributed by atoms with E-state index in [0.717, 1.165) is 39.3 Å². The van der Waals surface area contributed by atoms with Gasteiger partial charge in [0.1, 0.15) is 0 Å². The van der Waals surface area contributed by atoms with Crippen molar-refractivity contribution in [2.75, 3.05) is 39.3 Å². The van der Waals surface area contributed by atoms with Crippen molar-refractivity contribution in [1.29, 1.82) is 0 Å². The van der Waals surface area contributed by atoms with Gasteiger partial charge < -0.3 is 26.6 Å². The van der Waals surface area contributed by atoms with Crippen LogP contribution in [-0.4, -0.2) is 63.4 Å². The van der Waals surface area contributed by atoms with Crippen LogP contribution in [0.1, 0.15) is 65.2 Å². The van der Waals surface area contributed by atoms with Crippen molar-refractivity contribution >= 4 is 20.2 Å². The summed E-state index contributed by atoms with van der Waals surface area (Å²) in [6.45, 7) is 11.1. The third kappa shape index (κ3) is 12.6. The van der Waals surface area contributed by atoms with Crippen molar-refractivity contribution < 1.29 is 13.1 Å². The molecule has 2 aliphatic rings. The van der Waals surface area contributed by atoms with Crippen LogP contribution in [0, 0.1) is 0 Å². The summed E-state index contributed by atoms with van der Waals surface area (Å²) in [5.74, 6) is 0. The van der Waals surface area contributed by atoms with Crippen molar-refractivity contribution in [3.63, 3.8) is 0 Å². The molecule has 0 radical (unpaired) electrons. The average molecular weight is 479 g/mol. The Morgan fingerprint density at radius 3 is 1.82 bits per heavy atom. The van der Waals surface area contributed by atoms with E-state index in [4.69, 9.17) is 20.2 Å². The van der Waals surface area contributed by atoms with Crippen molar-refractivity contribution in [3.8, 4) is 0 Å². The van der Waals surface area contributed by atoms with E-state index in [-0.39, 0.29) is 13.1 Å². The molecule has 0 amide bonds. The molecule has 1 aliphatic heterocycles. The van der Waals surface area contributed by atoms with Gasteiger partial charge in [-0.2, -0.15) is 0 Å². The molecule has 4 atom stereocenters. The van der Waals surface area contributed by atoms with Gasteiger partial charge in [-0.3, -0.25) is 0 Å². The van der Waals surface area contributed by atoms with Crippen LogP contribution in [0.5, 0.6) is 0 Å². The molecular formula is C20H43Cl2MnN5. The van der Waals surface area contributed by atoms with Gasteiger partial charge in [0.2, 0.25) is 0 Å². The second-order valence-electron chi connectivity index (χ2n) is 8.00. The topological polar surface area (TPSA) is 60.1 Å². The number of hydrogen-bond acceptors (Lipinski definition) is 5. The van der Waals surface area contributed by atoms with E-state index in [1.165, 1.54) is 51.4 Å². The summed E-state index contributed by atoms with van der Waals surface area (Å²) in [6, 6.07) is 2.48. The molecule has 8 heteroatoms. The van der Waals surface area contributed by atoms with E-state index in [9.17, 15) is 0 Å². The standard InChI is InChI=1S/C20H43N5.2ClH.Mn/c1-3-7-17-15-24-18(8-4-2)16-25-20-10-6-5-9-19(20)23-14-12-21-11-13-22-17;;;/h17-25H,3-16H2,1-2H3;2*1H;/q;;;+2/p-2/t17-,18+,19-,20-;;;/m1.../s1. The van der Waals surface area contributed by atoms with E-state index in [0.29, 0.717) is 24.2 Å². The zero-order valence-electron chi connectivity index (χ0n) is 17.8. The molecule has 0 bridgehead atoms. The van der Waals surface area contributed by atoms with Crippen LogP contribution in [0.25, 0.3) is 0 Å². The number of fused-ring (bicyclic) bond motifs is 1. The Labute approximate surface area is 188 Å². The summed E-state index contributed by atoms with van der Waals surface area (Å²) in [7, 11) is 9.59. The summed E-state index contributed by atoms with van der Waals surface area (Å²) in [5, 5.41) is 18.9. The molecule has 0 spiro atoms. The zero-order chi connectivity index (χ0) is 20.5. The first-order valence-electron chi connectivity index (χ1n) is 11.3. The molecule has 0 unspecified atom stereocenters. The zero-order valence-corrected chi connectivity index (χ0v) is 20.5. The average Bonchev–Trinajstić information content (AvgIpc) is 2.70. The summed E-state index contributed by atoms with van der Waals surface area (Å²) >= 11 is 0.00694. The van der Waals surface area contributed by atoms with Crippen LogP contribution >= 0.6 is 20.2 Å². The SMILES string of the molecule is CCC[C@@H]1CN[C@@H](CCC)CN[C@@H]2CCCC[C@H]2NCCNCCN1.[Cl][Mn][Cl]. The van der Waals surface area contributed by atoms with E-state index in [1.54, 1.807) is 0 Å². The Bertz CT molecular complexity index is 355. The Hall–Kier alpha value is 0.899. The quantitative estimate of drug-likeness (QED) is 0.402. The second kappa shape index (κ2) is 18.7. The minimum atomic E-state index is 0.00694. The fourth-order valence-corrected chi connectivity index (χ4v) is 4.31. The van der Waals surface area contributed by atoms with Crippen molar-refractivity contribution in [1.82, 2.24) is 26.6 Å². The third-order valence-corrected chi connectivity index (χ3v) is 5.76. The van der Waals surface area contributed by atoms with Gasteiger partial charge in [0, 0.05) is 63.4 Å². The second-order valence-corrected chi connectivity index (χ2v) is 9.95. The van der Waals surface area contributed by atoms with Gasteiger partial charge in [-0.25, -0.2) is 0 Å². The molecule has 0 aromatic carbocycles. The molecule has 2 rings (SSSR count). The number of nitrogens with one attached hydrogen (secondary N) is 5. The first-order valence-corrected chi connectivity index (χ1v) is 14.5. The molecular weight excluding hydrogens is 436 g/mol. The molecule has 28 heavy (non-hydrogen) atoms. The molecule has 1 saturated carbocycles. The first-order chi connectivity index (χ1) is 13.7. The Morgan fingerprint density at radius 1 is 0.714 bits per heavy atom. The van der Waals surface area contributed by atoms with Crippen molar-refractivity contribution in [3.05, 3.63) is 0 Å². The van der Waals surface area contributed by atoms with Gasteiger partial charge in [0.15, 0.2) is 0 Å². The molecule has 0 aromatic heterocycles. The number of rotatable bonds is 4. The van der Waals surface area contributed by atoms with Crippen LogP contribution in [0.15, 0.2) is 0 Å². The van der Waals surface area contributed by atoms with Gasteiger partial charge in [-0.15, -0.1) is 0 Å². The molecule has 1 aliphatic carbocycles. The van der Waals surface area contributed by atoms with Gasteiger partial charge in [-0.05, 0) is 25.7 Å². The maximum absolute atomic E-state index is 4.80. The number of halogens is 2. The molecule has 5 N–H and O–H groups in total. The minimum absolute atomic E-state index is 0.00694. The van der Waals surface area contributed by atoms with Crippen LogP contribution in [0.4, 0.5) is 0 Å². The molecule has 0 aromatic rings. The molecule has 5 nitrogen and oxygen atoms in total. The molecule has 1 saturated heterocycles. The van der Waals surface area contributed by atoms with Crippen LogP contribution in [0.2, 0.25) is 0 Å². The Kier molecular flexibility index (Phi) is 17.9. The van der Waals surface area contributed by atoms with Crippen LogP contribution in [-0.2, 0) is 13.1 Å². The maximum atomic E-state index is 4.80. The Morgan fingerprint density at radius 2 is 1.21 bits per heavy atom. The monoisotopic (exact) mass is 478 g/mol. The molecule has 169 valence electrons. The van der Waals surface area contributed by atoms with Gasteiger partial charge >= 0.3 is 33.3 Å². The van der Waals surface area contributed by atoms with Crippen LogP contribution < -0.4 is 26.6 Å². The molecule has 2 fully saturated rings. The van der Waals surface area contributed by atoms with Gasteiger partial charge in [-0.1, -0.05) is 39.5 Å². The fourth-order valence-electron chi connectivity index (χ4n) is 4.31. The number of hydrogen-bond donors (Lipinski definition) is 5. The summed E-state index contributed by atoms with van der Waals surface area (Å²) in [5.41, 5.74) is 0. The van der Waals surface area contributed by atoms with Crippen molar-refractivity contribution in [2.24, 2.45) is 0 Å². The van der Waals surface area contributed by atoms with Crippen molar-refractivity contribution in [2.45, 2.75) is 89.4 Å². The van der Waals surface area contributed by atoms with Gasteiger partial charge in [0.05, 0.1) is 0 Å². The van der Waals surface area contributed by atoms with E-state index in [2.05, 4.69) is 40.4 Å². The predicted octanol–water partition coefficient (Wildman–Crippen LogP) is 2.97. The predicted molar refractivity (Wildman–Crippen MR) is 120 cm³/mol. The normalized spacial score (nSPS) is 30.9. The summed E-state index contributed by atoms with van der Waals surface area (Å²) < 4.78 is 0. The van der Waals surface area contributed by atoms with Crippen LogP contribution in [0.3, 0.4) is 0 Å². The molecule has 1 heterocycles.